The van der Waals surface area contributed by atoms with E-state index in [-0.39, 0.29) is 0 Å². The molecule has 5 heteroatoms. The van der Waals surface area contributed by atoms with Crippen molar-refractivity contribution in [1.29, 1.82) is 0 Å². The van der Waals surface area contributed by atoms with Gasteiger partial charge < -0.3 is 16.2 Å². The van der Waals surface area contributed by atoms with Crippen molar-refractivity contribution in [3.8, 4) is 0 Å². The maximum atomic E-state index is 11.4. The Balaban J connectivity index is 2.12. The number of ether oxygens (including phenoxy) is 1. The lowest BCUT2D eigenvalue weighted by Crippen LogP contribution is -2.11. The molecule has 0 saturated heterocycles. The lowest BCUT2D eigenvalue weighted by molar-refractivity contribution is 0.100. The zero-order valence-electron chi connectivity index (χ0n) is 13.1. The van der Waals surface area contributed by atoms with E-state index in [1.807, 2.05) is 6.08 Å². The van der Waals surface area contributed by atoms with Crippen LogP contribution in [-0.4, -0.2) is 12.5 Å². The Morgan fingerprint density at radius 1 is 1.36 bits per heavy atom. The molecule has 0 bridgehead atoms. The van der Waals surface area contributed by atoms with Gasteiger partial charge in [0.2, 0.25) is 0 Å². The molecular formula is C17H24N2O2S. The largest absolute Gasteiger partial charge is 0.493 e. The van der Waals surface area contributed by atoms with Crippen molar-refractivity contribution in [3.05, 3.63) is 34.4 Å². The molecule has 0 radical (unpaired) electrons. The average molecular weight is 320 g/mol. The van der Waals surface area contributed by atoms with Crippen molar-refractivity contribution in [2.75, 3.05) is 12.3 Å². The maximum Gasteiger partial charge on any atom is 0.251 e. The number of allylic oxidation sites excluding steroid dienone is 3. The molecule has 1 aromatic heterocycles. The van der Waals surface area contributed by atoms with E-state index in [9.17, 15) is 4.79 Å². The van der Waals surface area contributed by atoms with Gasteiger partial charge in [0.15, 0.2) is 0 Å². The minimum atomic E-state index is -0.478. The fourth-order valence-electron chi connectivity index (χ4n) is 2.48. The predicted molar refractivity (Wildman–Crippen MR) is 92.6 cm³/mol. The van der Waals surface area contributed by atoms with Crippen LogP contribution in [0.25, 0.3) is 5.57 Å². The lowest BCUT2D eigenvalue weighted by Gasteiger charge is -2.16. The first-order valence-electron chi connectivity index (χ1n) is 7.85. The van der Waals surface area contributed by atoms with Crippen LogP contribution < -0.4 is 11.5 Å². The number of rotatable bonds is 8. The molecule has 0 saturated carbocycles. The van der Waals surface area contributed by atoms with Crippen molar-refractivity contribution in [1.82, 2.24) is 0 Å². The summed E-state index contributed by atoms with van der Waals surface area (Å²) in [6.45, 7) is 2.93. The summed E-state index contributed by atoms with van der Waals surface area (Å²) in [7, 11) is 0. The van der Waals surface area contributed by atoms with Gasteiger partial charge in [-0.25, -0.2) is 0 Å². The first kappa shape index (κ1) is 16.6. The topological polar surface area (TPSA) is 78.3 Å². The van der Waals surface area contributed by atoms with Crippen LogP contribution in [0.4, 0.5) is 5.00 Å². The monoisotopic (exact) mass is 320 g/mol. The number of amides is 1. The molecule has 2 rings (SSSR count). The van der Waals surface area contributed by atoms with Crippen molar-refractivity contribution < 1.29 is 9.53 Å². The summed E-state index contributed by atoms with van der Waals surface area (Å²) in [5.41, 5.74) is 12.8. The Hall–Kier alpha value is -1.75. The molecule has 1 aromatic rings. The van der Waals surface area contributed by atoms with Crippen LogP contribution in [0.1, 0.15) is 60.7 Å². The molecule has 0 aliphatic heterocycles. The normalized spacial score (nSPS) is 14.4. The van der Waals surface area contributed by atoms with Crippen LogP contribution in [0.15, 0.2) is 24.0 Å². The number of anilines is 1. The molecule has 1 heterocycles. The minimum absolute atomic E-state index is 0.407. The molecule has 4 nitrogen and oxygen atoms in total. The van der Waals surface area contributed by atoms with Crippen molar-refractivity contribution >= 4 is 27.8 Å². The van der Waals surface area contributed by atoms with Crippen LogP contribution in [0.2, 0.25) is 0 Å². The first-order valence-corrected chi connectivity index (χ1v) is 8.67. The van der Waals surface area contributed by atoms with Gasteiger partial charge in [-0.05, 0) is 31.4 Å². The summed E-state index contributed by atoms with van der Waals surface area (Å²) >= 11 is 1.41. The fourth-order valence-corrected chi connectivity index (χ4v) is 3.49. The molecule has 22 heavy (non-hydrogen) atoms. The molecule has 0 fully saturated rings. The van der Waals surface area contributed by atoms with Crippen molar-refractivity contribution in [3.63, 3.8) is 0 Å². The smallest absolute Gasteiger partial charge is 0.251 e. The highest BCUT2D eigenvalue weighted by Crippen LogP contribution is 2.36. The fraction of sp³-hybridized carbons (Fsp3) is 0.471. The molecule has 1 aliphatic carbocycles. The number of unbranched alkanes of at least 4 members (excludes halogenated alkanes) is 3. The Kier molecular flexibility index (Phi) is 6.07. The number of nitrogens with two attached hydrogens (primary N) is 2. The maximum absolute atomic E-state index is 11.4. The first-order chi connectivity index (χ1) is 10.6. The SMILES string of the molecule is CCCCCCOC1=C(c2cc(C(N)=O)c(N)s2)CCC=C1. The summed E-state index contributed by atoms with van der Waals surface area (Å²) in [5, 5.41) is 0.479. The molecule has 120 valence electrons. The van der Waals surface area contributed by atoms with E-state index in [2.05, 4.69) is 13.0 Å². The second-order valence-electron chi connectivity index (χ2n) is 5.45. The summed E-state index contributed by atoms with van der Waals surface area (Å²) in [4.78, 5) is 12.3. The van der Waals surface area contributed by atoms with E-state index in [4.69, 9.17) is 16.2 Å². The standard InChI is InChI=1S/C17H24N2O2S/c1-2-3-4-7-10-21-14-9-6-5-8-12(14)15-11-13(16(18)20)17(19)22-15/h6,9,11H,2-5,7-8,10,19H2,1H3,(H2,18,20). The quantitative estimate of drug-likeness (QED) is 0.708. The zero-order valence-corrected chi connectivity index (χ0v) is 13.9. The molecule has 1 amide bonds. The minimum Gasteiger partial charge on any atom is -0.493 e. The number of nitrogen functional groups attached to an aromatic ring is 1. The summed E-state index contributed by atoms with van der Waals surface area (Å²) in [5.74, 6) is 0.425. The van der Waals surface area contributed by atoms with Gasteiger partial charge in [0, 0.05) is 10.5 Å². The van der Waals surface area contributed by atoms with Crippen LogP contribution in [0.5, 0.6) is 0 Å². The molecule has 1 aliphatic rings. The molecular weight excluding hydrogens is 296 g/mol. The van der Waals surface area contributed by atoms with Gasteiger partial charge in [0.25, 0.3) is 5.91 Å². The van der Waals surface area contributed by atoms with Gasteiger partial charge in [-0.2, -0.15) is 0 Å². The predicted octanol–water partition coefficient (Wildman–Crippen LogP) is 4.09. The third-order valence-corrected chi connectivity index (χ3v) is 4.73. The van der Waals surface area contributed by atoms with Crippen molar-refractivity contribution in [2.45, 2.75) is 45.4 Å². The van der Waals surface area contributed by atoms with Gasteiger partial charge in [0.05, 0.1) is 17.2 Å². The van der Waals surface area contributed by atoms with E-state index in [0.717, 1.165) is 42.1 Å². The molecule has 0 unspecified atom stereocenters. The summed E-state index contributed by atoms with van der Waals surface area (Å²) < 4.78 is 5.95. The highest BCUT2D eigenvalue weighted by Gasteiger charge is 2.18. The van der Waals surface area contributed by atoms with E-state index < -0.39 is 5.91 Å². The Bertz CT molecular complexity index is 587. The van der Waals surface area contributed by atoms with Crippen LogP contribution in [-0.2, 0) is 4.74 Å². The van der Waals surface area contributed by atoms with Gasteiger partial charge in [-0.1, -0.05) is 32.3 Å². The molecule has 0 aromatic carbocycles. The second kappa shape index (κ2) is 8.03. The summed E-state index contributed by atoms with van der Waals surface area (Å²) in [6.07, 6.45) is 10.8. The molecule has 0 spiro atoms. The van der Waals surface area contributed by atoms with E-state index in [1.54, 1.807) is 6.07 Å². The van der Waals surface area contributed by atoms with Crippen LogP contribution in [0, 0.1) is 0 Å². The van der Waals surface area contributed by atoms with E-state index in [0.29, 0.717) is 10.6 Å². The Labute approximate surface area is 135 Å². The van der Waals surface area contributed by atoms with E-state index in [1.165, 1.54) is 30.6 Å². The van der Waals surface area contributed by atoms with Gasteiger partial charge in [0.1, 0.15) is 5.76 Å². The third-order valence-electron chi connectivity index (χ3n) is 3.71. The van der Waals surface area contributed by atoms with Crippen molar-refractivity contribution in [2.24, 2.45) is 5.73 Å². The summed E-state index contributed by atoms with van der Waals surface area (Å²) in [6, 6.07) is 1.79. The highest BCUT2D eigenvalue weighted by molar-refractivity contribution is 7.17. The molecule has 0 atom stereocenters. The highest BCUT2D eigenvalue weighted by atomic mass is 32.1. The number of carbonyl (C=O) groups is 1. The number of hydrogen-bond acceptors (Lipinski definition) is 4. The average Bonchev–Trinajstić information content (AvgIpc) is 2.89. The van der Waals surface area contributed by atoms with Crippen LogP contribution >= 0.6 is 11.3 Å². The van der Waals surface area contributed by atoms with Gasteiger partial charge in [-0.3, -0.25) is 4.79 Å². The lowest BCUT2D eigenvalue weighted by atomic mass is 10.0. The second-order valence-corrected chi connectivity index (χ2v) is 6.53. The Morgan fingerprint density at radius 2 is 2.18 bits per heavy atom. The number of thiophene rings is 1. The Morgan fingerprint density at radius 3 is 2.86 bits per heavy atom. The molecule has 4 N–H and O–H groups in total. The van der Waals surface area contributed by atoms with Gasteiger partial charge in [-0.15, -0.1) is 11.3 Å². The van der Waals surface area contributed by atoms with Crippen LogP contribution in [0.3, 0.4) is 0 Å². The van der Waals surface area contributed by atoms with E-state index >= 15 is 0 Å². The third kappa shape index (κ3) is 4.13. The zero-order chi connectivity index (χ0) is 15.9. The number of hydrogen-bond donors (Lipinski definition) is 2. The number of carbonyl (C=O) groups excluding carboxylic acids is 1. The number of primary amides is 1. The van der Waals surface area contributed by atoms with Gasteiger partial charge >= 0.3 is 0 Å².